The minimum atomic E-state index is -0.0413. The van der Waals surface area contributed by atoms with Crippen LogP contribution in [0.5, 0.6) is 0 Å². The van der Waals surface area contributed by atoms with E-state index in [1.807, 2.05) is 64.1 Å². The molecule has 5 nitrogen and oxygen atoms in total. The second-order valence-electron chi connectivity index (χ2n) is 6.54. The first-order valence-electron chi connectivity index (χ1n) is 8.38. The first kappa shape index (κ1) is 18.5. The molecule has 0 aliphatic carbocycles. The molecular formula is C20H26N4O. The molecule has 0 unspecified atom stereocenters. The highest BCUT2D eigenvalue weighted by molar-refractivity contribution is 5.93. The number of guanidine groups is 1. The molecule has 25 heavy (non-hydrogen) atoms. The van der Waals surface area contributed by atoms with Gasteiger partial charge in [-0.3, -0.25) is 4.79 Å². The van der Waals surface area contributed by atoms with Crippen molar-refractivity contribution in [3.63, 3.8) is 0 Å². The number of anilines is 2. The molecule has 0 radical (unpaired) electrons. The Balaban J connectivity index is 1.95. The number of nitrogens with zero attached hydrogens (tertiary/aromatic N) is 1. The number of nitrogens with one attached hydrogen (secondary N) is 2. The number of aryl methyl sites for hydroxylation is 2. The predicted molar refractivity (Wildman–Crippen MR) is 105 cm³/mol. The summed E-state index contributed by atoms with van der Waals surface area (Å²) in [6.07, 6.45) is 0. The van der Waals surface area contributed by atoms with Crippen LogP contribution < -0.4 is 16.4 Å². The summed E-state index contributed by atoms with van der Waals surface area (Å²) in [5.74, 6) is 0.343. The Hall–Kier alpha value is -2.82. The smallest absolute Gasteiger partial charge is 0.226 e. The standard InChI is InChI=1S/C20H26N4O/c1-13(2)19(25)23-17-7-5-16(6-8-17)12-22-20(21)24-18-10-14(3)9-15(4)11-18/h5-11,13H,12H2,1-4H3,(H,23,25)(H3,21,22,24). The summed E-state index contributed by atoms with van der Waals surface area (Å²) in [4.78, 5) is 16.0. The van der Waals surface area contributed by atoms with E-state index in [2.05, 4.69) is 21.7 Å². The number of aliphatic imine (C=N–C) groups is 1. The minimum absolute atomic E-state index is 0.00710. The van der Waals surface area contributed by atoms with Gasteiger partial charge in [0.05, 0.1) is 6.54 Å². The first-order chi connectivity index (χ1) is 11.8. The fourth-order valence-electron chi connectivity index (χ4n) is 2.39. The largest absolute Gasteiger partial charge is 0.370 e. The molecule has 4 N–H and O–H groups in total. The normalized spacial score (nSPS) is 11.5. The molecular weight excluding hydrogens is 312 g/mol. The fraction of sp³-hybridized carbons (Fsp3) is 0.300. The molecule has 2 rings (SSSR count). The van der Waals surface area contributed by atoms with Gasteiger partial charge in [0.25, 0.3) is 0 Å². The van der Waals surface area contributed by atoms with Gasteiger partial charge in [0, 0.05) is 17.3 Å². The maximum absolute atomic E-state index is 11.7. The van der Waals surface area contributed by atoms with Crippen LogP contribution in [0.2, 0.25) is 0 Å². The molecule has 0 aliphatic heterocycles. The fourth-order valence-corrected chi connectivity index (χ4v) is 2.39. The van der Waals surface area contributed by atoms with Crippen LogP contribution in [-0.2, 0) is 11.3 Å². The van der Waals surface area contributed by atoms with Gasteiger partial charge in [-0.1, -0.05) is 32.0 Å². The third-order valence-electron chi connectivity index (χ3n) is 3.67. The van der Waals surface area contributed by atoms with E-state index in [0.29, 0.717) is 12.5 Å². The van der Waals surface area contributed by atoms with Crippen LogP contribution in [0.15, 0.2) is 47.5 Å². The Morgan fingerprint density at radius 2 is 1.60 bits per heavy atom. The average Bonchev–Trinajstić information content (AvgIpc) is 2.53. The Labute approximate surface area is 149 Å². The summed E-state index contributed by atoms with van der Waals surface area (Å²) in [5, 5.41) is 5.98. The molecule has 0 fully saturated rings. The highest BCUT2D eigenvalue weighted by Crippen LogP contribution is 2.14. The Kier molecular flexibility index (Phi) is 6.17. The van der Waals surface area contributed by atoms with Crippen molar-refractivity contribution in [2.24, 2.45) is 16.6 Å². The van der Waals surface area contributed by atoms with Crippen molar-refractivity contribution in [3.8, 4) is 0 Å². The average molecular weight is 338 g/mol. The Morgan fingerprint density at radius 1 is 1.00 bits per heavy atom. The van der Waals surface area contributed by atoms with Gasteiger partial charge in [-0.05, 0) is 54.8 Å². The van der Waals surface area contributed by atoms with E-state index in [0.717, 1.165) is 16.9 Å². The molecule has 0 saturated heterocycles. The van der Waals surface area contributed by atoms with E-state index in [1.54, 1.807) is 0 Å². The maximum atomic E-state index is 11.7. The van der Waals surface area contributed by atoms with Gasteiger partial charge < -0.3 is 16.4 Å². The molecule has 0 heterocycles. The van der Waals surface area contributed by atoms with Crippen LogP contribution >= 0.6 is 0 Å². The number of nitrogens with two attached hydrogens (primary N) is 1. The molecule has 132 valence electrons. The van der Waals surface area contributed by atoms with E-state index in [9.17, 15) is 4.79 Å². The van der Waals surface area contributed by atoms with Gasteiger partial charge in [0.1, 0.15) is 0 Å². The van der Waals surface area contributed by atoms with Gasteiger partial charge in [-0.2, -0.15) is 0 Å². The third kappa shape index (κ3) is 5.95. The van der Waals surface area contributed by atoms with Crippen molar-refractivity contribution < 1.29 is 4.79 Å². The summed E-state index contributed by atoms with van der Waals surface area (Å²) in [7, 11) is 0. The molecule has 2 aromatic carbocycles. The lowest BCUT2D eigenvalue weighted by atomic mass is 10.1. The SMILES string of the molecule is Cc1cc(C)cc(NC(N)=NCc2ccc(NC(=O)C(C)C)cc2)c1. The van der Waals surface area contributed by atoms with Crippen molar-refractivity contribution in [2.45, 2.75) is 34.2 Å². The second kappa shape index (κ2) is 8.33. The molecule has 1 amide bonds. The van der Waals surface area contributed by atoms with Gasteiger partial charge in [-0.15, -0.1) is 0 Å². The molecule has 5 heteroatoms. The summed E-state index contributed by atoms with van der Waals surface area (Å²) < 4.78 is 0. The maximum Gasteiger partial charge on any atom is 0.226 e. The molecule has 0 bridgehead atoms. The Morgan fingerprint density at radius 3 is 2.16 bits per heavy atom. The van der Waals surface area contributed by atoms with Crippen molar-refractivity contribution in [2.75, 3.05) is 10.6 Å². The summed E-state index contributed by atoms with van der Waals surface area (Å²) in [5.41, 5.74) is 11.1. The zero-order valence-electron chi connectivity index (χ0n) is 15.3. The van der Waals surface area contributed by atoms with Crippen LogP contribution in [0.4, 0.5) is 11.4 Å². The number of hydrogen-bond acceptors (Lipinski definition) is 2. The zero-order valence-corrected chi connectivity index (χ0v) is 15.3. The summed E-state index contributed by atoms with van der Waals surface area (Å²) >= 11 is 0. The third-order valence-corrected chi connectivity index (χ3v) is 3.67. The van der Waals surface area contributed by atoms with E-state index in [-0.39, 0.29) is 11.8 Å². The van der Waals surface area contributed by atoms with E-state index in [1.165, 1.54) is 11.1 Å². The highest BCUT2D eigenvalue weighted by atomic mass is 16.1. The van der Waals surface area contributed by atoms with E-state index < -0.39 is 0 Å². The van der Waals surface area contributed by atoms with E-state index >= 15 is 0 Å². The lowest BCUT2D eigenvalue weighted by Gasteiger charge is -2.09. The molecule has 0 atom stereocenters. The van der Waals surface area contributed by atoms with Crippen molar-refractivity contribution >= 4 is 23.2 Å². The van der Waals surface area contributed by atoms with Crippen LogP contribution in [0.1, 0.15) is 30.5 Å². The predicted octanol–water partition coefficient (Wildman–Crippen LogP) is 3.82. The van der Waals surface area contributed by atoms with Gasteiger partial charge in [0.2, 0.25) is 5.91 Å². The number of rotatable bonds is 5. The van der Waals surface area contributed by atoms with Crippen LogP contribution in [0.3, 0.4) is 0 Å². The lowest BCUT2D eigenvalue weighted by Crippen LogP contribution is -2.22. The minimum Gasteiger partial charge on any atom is -0.370 e. The number of amides is 1. The van der Waals surface area contributed by atoms with Crippen molar-refractivity contribution in [1.82, 2.24) is 0 Å². The number of carbonyl (C=O) groups is 1. The van der Waals surface area contributed by atoms with Crippen molar-refractivity contribution in [1.29, 1.82) is 0 Å². The molecule has 2 aromatic rings. The van der Waals surface area contributed by atoms with Crippen LogP contribution in [-0.4, -0.2) is 11.9 Å². The quantitative estimate of drug-likeness (QED) is 0.573. The van der Waals surface area contributed by atoms with Crippen LogP contribution in [0, 0.1) is 19.8 Å². The zero-order chi connectivity index (χ0) is 18.4. The summed E-state index contributed by atoms with van der Waals surface area (Å²) in [6.45, 7) is 8.30. The van der Waals surface area contributed by atoms with Crippen molar-refractivity contribution in [3.05, 3.63) is 59.2 Å². The van der Waals surface area contributed by atoms with Gasteiger partial charge in [-0.25, -0.2) is 4.99 Å². The molecule has 0 aromatic heterocycles. The number of hydrogen-bond donors (Lipinski definition) is 3. The van der Waals surface area contributed by atoms with Gasteiger partial charge >= 0.3 is 0 Å². The number of benzene rings is 2. The highest BCUT2D eigenvalue weighted by Gasteiger charge is 2.06. The van der Waals surface area contributed by atoms with Crippen LogP contribution in [0.25, 0.3) is 0 Å². The summed E-state index contributed by atoms with van der Waals surface area (Å²) in [6, 6.07) is 13.8. The molecule has 0 aliphatic rings. The topological polar surface area (TPSA) is 79.5 Å². The first-order valence-corrected chi connectivity index (χ1v) is 8.38. The Bertz CT molecular complexity index is 744. The molecule has 0 saturated carbocycles. The van der Waals surface area contributed by atoms with E-state index in [4.69, 9.17) is 5.73 Å². The second-order valence-corrected chi connectivity index (χ2v) is 6.54. The lowest BCUT2D eigenvalue weighted by molar-refractivity contribution is -0.118. The van der Waals surface area contributed by atoms with Gasteiger partial charge in [0.15, 0.2) is 5.96 Å². The monoisotopic (exact) mass is 338 g/mol. The number of carbonyl (C=O) groups excluding carboxylic acids is 1. The molecule has 0 spiro atoms.